The molecule has 2 aliphatic heterocycles. The molecule has 130 valence electrons. The third kappa shape index (κ3) is 3.61. The van der Waals surface area contributed by atoms with Gasteiger partial charge in [-0.15, -0.1) is 0 Å². The first-order chi connectivity index (χ1) is 11.7. The summed E-state index contributed by atoms with van der Waals surface area (Å²) in [6, 6.07) is 8.93. The number of benzene rings is 1. The molecule has 2 fully saturated rings. The fourth-order valence-electron chi connectivity index (χ4n) is 3.56. The van der Waals surface area contributed by atoms with Crippen LogP contribution in [0.1, 0.15) is 43.0 Å². The Morgan fingerprint density at radius 2 is 1.96 bits per heavy atom. The van der Waals surface area contributed by atoms with Crippen molar-refractivity contribution in [2.45, 2.75) is 44.8 Å². The molecule has 2 aliphatic rings. The van der Waals surface area contributed by atoms with Crippen LogP contribution in [0, 0.1) is 0 Å². The molecule has 0 unspecified atom stereocenters. The first-order valence-electron chi connectivity index (χ1n) is 8.97. The van der Waals surface area contributed by atoms with Crippen LogP contribution in [0.4, 0.5) is 0 Å². The molecule has 1 aromatic rings. The van der Waals surface area contributed by atoms with Crippen molar-refractivity contribution in [1.82, 2.24) is 9.80 Å². The van der Waals surface area contributed by atoms with Crippen molar-refractivity contribution >= 4 is 11.8 Å². The zero-order valence-electron chi connectivity index (χ0n) is 14.3. The van der Waals surface area contributed by atoms with E-state index >= 15 is 0 Å². The highest BCUT2D eigenvalue weighted by molar-refractivity contribution is 5.97. The summed E-state index contributed by atoms with van der Waals surface area (Å²) >= 11 is 0. The van der Waals surface area contributed by atoms with Crippen LogP contribution < -0.4 is 0 Å². The summed E-state index contributed by atoms with van der Waals surface area (Å²) in [6.45, 7) is 4.58. The standard InChI is InChI=1S/C19H26N2O3/c1-2-16-14-20(12-13-24-16)19(23)17-10-6-7-11-21(17)18(22)15-8-4-3-5-9-15/h3-5,8-9,16-17H,2,6-7,10-14H2,1H3/t16-,17+/m1/s1. The summed E-state index contributed by atoms with van der Waals surface area (Å²) in [5.74, 6) is 0.0506. The maximum atomic E-state index is 13.0. The first-order valence-corrected chi connectivity index (χ1v) is 8.97. The van der Waals surface area contributed by atoms with Crippen molar-refractivity contribution in [1.29, 1.82) is 0 Å². The van der Waals surface area contributed by atoms with E-state index in [2.05, 4.69) is 6.92 Å². The molecule has 0 aliphatic carbocycles. The van der Waals surface area contributed by atoms with Gasteiger partial charge >= 0.3 is 0 Å². The maximum Gasteiger partial charge on any atom is 0.254 e. The van der Waals surface area contributed by atoms with E-state index in [0.717, 1.165) is 25.7 Å². The van der Waals surface area contributed by atoms with Gasteiger partial charge < -0.3 is 14.5 Å². The van der Waals surface area contributed by atoms with Gasteiger partial charge in [-0.3, -0.25) is 9.59 Å². The molecule has 1 aromatic carbocycles. The molecule has 2 saturated heterocycles. The van der Waals surface area contributed by atoms with Gasteiger partial charge in [0.05, 0.1) is 12.7 Å². The third-order valence-corrected chi connectivity index (χ3v) is 4.98. The van der Waals surface area contributed by atoms with Crippen LogP contribution in [0.2, 0.25) is 0 Å². The van der Waals surface area contributed by atoms with Crippen molar-refractivity contribution in [3.63, 3.8) is 0 Å². The summed E-state index contributed by atoms with van der Waals surface area (Å²) < 4.78 is 5.66. The van der Waals surface area contributed by atoms with Crippen molar-refractivity contribution in [2.75, 3.05) is 26.2 Å². The number of piperidine rings is 1. The molecule has 0 bridgehead atoms. The van der Waals surface area contributed by atoms with Crippen LogP contribution in [0.25, 0.3) is 0 Å². The predicted molar refractivity (Wildman–Crippen MR) is 91.7 cm³/mol. The molecular formula is C19H26N2O3. The monoisotopic (exact) mass is 330 g/mol. The Morgan fingerprint density at radius 3 is 2.71 bits per heavy atom. The number of nitrogens with zero attached hydrogens (tertiary/aromatic N) is 2. The summed E-state index contributed by atoms with van der Waals surface area (Å²) in [7, 11) is 0. The number of carbonyl (C=O) groups is 2. The van der Waals surface area contributed by atoms with E-state index in [1.54, 1.807) is 4.90 Å². The summed E-state index contributed by atoms with van der Waals surface area (Å²) in [4.78, 5) is 29.5. The Morgan fingerprint density at radius 1 is 1.17 bits per heavy atom. The quantitative estimate of drug-likeness (QED) is 0.854. The average molecular weight is 330 g/mol. The second kappa shape index (κ2) is 7.79. The molecule has 0 spiro atoms. The zero-order valence-corrected chi connectivity index (χ0v) is 14.3. The van der Waals surface area contributed by atoms with Crippen LogP contribution in [-0.2, 0) is 9.53 Å². The number of carbonyl (C=O) groups excluding carboxylic acids is 2. The van der Waals surface area contributed by atoms with Gasteiger partial charge in [-0.1, -0.05) is 25.1 Å². The zero-order chi connectivity index (χ0) is 16.9. The Bertz CT molecular complexity index is 575. The fourth-order valence-corrected chi connectivity index (χ4v) is 3.56. The number of likely N-dealkylation sites (tertiary alicyclic amines) is 1. The fraction of sp³-hybridized carbons (Fsp3) is 0.579. The van der Waals surface area contributed by atoms with Crippen molar-refractivity contribution in [3.8, 4) is 0 Å². The number of hydrogen-bond acceptors (Lipinski definition) is 3. The minimum atomic E-state index is -0.331. The SMILES string of the molecule is CC[C@@H]1CN(C(=O)[C@@H]2CCCCN2C(=O)c2ccccc2)CCO1. The van der Waals surface area contributed by atoms with Crippen LogP contribution in [0.5, 0.6) is 0 Å². The molecule has 2 atom stereocenters. The molecule has 0 N–H and O–H groups in total. The van der Waals surface area contributed by atoms with Crippen LogP contribution >= 0.6 is 0 Å². The molecule has 5 heteroatoms. The Hall–Kier alpha value is -1.88. The van der Waals surface area contributed by atoms with Gasteiger partial charge in [0.2, 0.25) is 5.91 Å². The normalized spacial score (nSPS) is 24.7. The molecule has 24 heavy (non-hydrogen) atoms. The molecular weight excluding hydrogens is 304 g/mol. The lowest BCUT2D eigenvalue weighted by atomic mass is 9.99. The minimum Gasteiger partial charge on any atom is -0.375 e. The molecule has 2 amide bonds. The lowest BCUT2D eigenvalue weighted by molar-refractivity contribution is -0.144. The highest BCUT2D eigenvalue weighted by Crippen LogP contribution is 2.22. The van der Waals surface area contributed by atoms with Gasteiger partial charge in [-0.25, -0.2) is 0 Å². The van der Waals surface area contributed by atoms with Crippen molar-refractivity contribution < 1.29 is 14.3 Å². The summed E-state index contributed by atoms with van der Waals surface area (Å²) in [6.07, 6.45) is 3.73. The van der Waals surface area contributed by atoms with Crippen molar-refractivity contribution in [3.05, 3.63) is 35.9 Å². The van der Waals surface area contributed by atoms with Gasteiger partial charge in [0, 0.05) is 25.2 Å². The molecule has 2 heterocycles. The van der Waals surface area contributed by atoms with E-state index < -0.39 is 0 Å². The lowest BCUT2D eigenvalue weighted by Crippen LogP contribution is -2.56. The highest BCUT2D eigenvalue weighted by atomic mass is 16.5. The first kappa shape index (κ1) is 17.0. The number of amides is 2. The maximum absolute atomic E-state index is 13.0. The summed E-state index contributed by atoms with van der Waals surface area (Å²) in [5.41, 5.74) is 0.658. The Kier molecular flexibility index (Phi) is 5.51. The molecule has 0 aromatic heterocycles. The topological polar surface area (TPSA) is 49.9 Å². The second-order valence-electron chi connectivity index (χ2n) is 6.56. The van der Waals surface area contributed by atoms with Crippen molar-refractivity contribution in [2.24, 2.45) is 0 Å². The molecule has 0 radical (unpaired) electrons. The van der Waals surface area contributed by atoms with Gasteiger partial charge in [0.15, 0.2) is 0 Å². The van der Waals surface area contributed by atoms with Crippen LogP contribution in [0.3, 0.4) is 0 Å². The molecule has 3 rings (SSSR count). The number of ether oxygens (including phenoxy) is 1. The van der Waals surface area contributed by atoms with Gasteiger partial charge in [-0.05, 0) is 37.8 Å². The van der Waals surface area contributed by atoms with E-state index in [-0.39, 0.29) is 24.0 Å². The smallest absolute Gasteiger partial charge is 0.254 e. The van der Waals surface area contributed by atoms with E-state index in [4.69, 9.17) is 4.74 Å². The molecule has 5 nitrogen and oxygen atoms in total. The van der Waals surface area contributed by atoms with Crippen LogP contribution in [0.15, 0.2) is 30.3 Å². The van der Waals surface area contributed by atoms with E-state index in [9.17, 15) is 9.59 Å². The third-order valence-electron chi connectivity index (χ3n) is 4.98. The largest absolute Gasteiger partial charge is 0.375 e. The molecule has 0 saturated carbocycles. The highest BCUT2D eigenvalue weighted by Gasteiger charge is 2.36. The van der Waals surface area contributed by atoms with Crippen LogP contribution in [-0.4, -0.2) is 60.0 Å². The minimum absolute atomic E-state index is 0.0334. The van der Waals surface area contributed by atoms with E-state index in [1.807, 2.05) is 35.2 Å². The number of morpholine rings is 1. The second-order valence-corrected chi connectivity index (χ2v) is 6.56. The van der Waals surface area contributed by atoms with E-state index in [0.29, 0.717) is 31.8 Å². The number of hydrogen-bond donors (Lipinski definition) is 0. The van der Waals surface area contributed by atoms with Gasteiger partial charge in [-0.2, -0.15) is 0 Å². The summed E-state index contributed by atoms with van der Waals surface area (Å²) in [5, 5.41) is 0. The number of rotatable bonds is 3. The van der Waals surface area contributed by atoms with Gasteiger partial charge in [0.1, 0.15) is 6.04 Å². The Balaban J connectivity index is 1.74. The van der Waals surface area contributed by atoms with E-state index in [1.165, 1.54) is 0 Å². The predicted octanol–water partition coefficient (Wildman–Crippen LogP) is 2.32. The Labute approximate surface area is 143 Å². The lowest BCUT2D eigenvalue weighted by Gasteiger charge is -2.40. The van der Waals surface area contributed by atoms with Gasteiger partial charge in [0.25, 0.3) is 5.91 Å². The average Bonchev–Trinajstić information content (AvgIpc) is 2.67.